The lowest BCUT2D eigenvalue weighted by Gasteiger charge is -2.37. The molecular formula is C26H32N4O4. The number of amides is 2. The van der Waals surface area contributed by atoms with Crippen molar-refractivity contribution in [2.24, 2.45) is 5.92 Å². The standard InChI is InChI=1S/C26H32N4O4/c1-17-14-30(18(2)16-31)26(33)22-12-21(19-6-4-5-7-19)13-28-24(22)34-23(17)15-29(3)25(32)20-8-10-27-11-9-20/h6,8-13,17-18,23,31H,4-5,7,14-16H2,1-3H3/t17-,18-,23+/m1/s1. The van der Waals surface area contributed by atoms with Gasteiger partial charge in [0.1, 0.15) is 11.7 Å². The van der Waals surface area contributed by atoms with Crippen molar-refractivity contribution in [2.75, 3.05) is 26.7 Å². The number of aliphatic hydroxyl groups is 1. The first kappa shape index (κ1) is 23.9. The molecule has 2 aromatic rings. The van der Waals surface area contributed by atoms with Gasteiger partial charge in [0.05, 0.1) is 19.2 Å². The lowest BCUT2D eigenvalue weighted by molar-refractivity contribution is 0.0313. The molecule has 8 nitrogen and oxygen atoms in total. The monoisotopic (exact) mass is 464 g/mol. The zero-order valence-electron chi connectivity index (χ0n) is 20.0. The second-order valence-electron chi connectivity index (χ2n) is 9.24. The topological polar surface area (TPSA) is 95.9 Å². The van der Waals surface area contributed by atoms with Crippen LogP contribution in [0.1, 0.15) is 59.4 Å². The Bertz CT molecular complexity index is 1070. The predicted molar refractivity (Wildman–Crippen MR) is 128 cm³/mol. The molecule has 1 aliphatic heterocycles. The number of hydrogen-bond donors (Lipinski definition) is 1. The highest BCUT2D eigenvalue weighted by molar-refractivity contribution is 5.97. The Hall–Kier alpha value is -3.26. The summed E-state index contributed by atoms with van der Waals surface area (Å²) in [6.45, 7) is 4.40. The summed E-state index contributed by atoms with van der Waals surface area (Å²) in [7, 11) is 1.74. The zero-order chi connectivity index (χ0) is 24.2. The van der Waals surface area contributed by atoms with E-state index in [9.17, 15) is 14.7 Å². The van der Waals surface area contributed by atoms with Gasteiger partial charge in [-0.25, -0.2) is 4.98 Å². The van der Waals surface area contributed by atoms with Crippen molar-refractivity contribution in [3.8, 4) is 5.88 Å². The van der Waals surface area contributed by atoms with E-state index >= 15 is 0 Å². The number of carbonyl (C=O) groups excluding carboxylic acids is 2. The minimum Gasteiger partial charge on any atom is -0.472 e. The molecule has 0 bridgehead atoms. The predicted octanol–water partition coefficient (Wildman–Crippen LogP) is 3.04. The minimum atomic E-state index is -0.389. The molecule has 0 radical (unpaired) electrons. The number of hydrogen-bond acceptors (Lipinski definition) is 6. The van der Waals surface area contributed by atoms with Crippen molar-refractivity contribution in [2.45, 2.75) is 45.3 Å². The summed E-state index contributed by atoms with van der Waals surface area (Å²) >= 11 is 0. The number of fused-ring (bicyclic) bond motifs is 1. The van der Waals surface area contributed by atoms with Crippen molar-refractivity contribution in [3.63, 3.8) is 0 Å². The smallest absolute Gasteiger partial charge is 0.259 e. The van der Waals surface area contributed by atoms with E-state index in [1.165, 1.54) is 5.57 Å². The number of allylic oxidation sites excluding steroid dienone is 2. The van der Waals surface area contributed by atoms with E-state index in [4.69, 9.17) is 4.74 Å². The van der Waals surface area contributed by atoms with E-state index < -0.39 is 0 Å². The third kappa shape index (κ3) is 4.97. The van der Waals surface area contributed by atoms with E-state index in [0.717, 1.165) is 24.8 Å². The lowest BCUT2D eigenvalue weighted by Crippen LogP contribution is -2.50. The van der Waals surface area contributed by atoms with E-state index in [0.29, 0.717) is 24.2 Å². The molecule has 0 unspecified atom stereocenters. The third-order valence-corrected chi connectivity index (χ3v) is 6.66. The van der Waals surface area contributed by atoms with Crippen LogP contribution < -0.4 is 4.74 Å². The Labute approximate surface area is 200 Å². The average Bonchev–Trinajstić information content (AvgIpc) is 3.40. The number of carbonyl (C=O) groups is 2. The second-order valence-corrected chi connectivity index (χ2v) is 9.24. The van der Waals surface area contributed by atoms with E-state index in [2.05, 4.69) is 16.0 Å². The van der Waals surface area contributed by atoms with Crippen molar-refractivity contribution in [1.29, 1.82) is 0 Å². The van der Waals surface area contributed by atoms with Crippen LogP contribution in [-0.4, -0.2) is 75.6 Å². The molecule has 2 aliphatic rings. The van der Waals surface area contributed by atoms with E-state index in [-0.39, 0.29) is 42.4 Å². The molecule has 2 amide bonds. The van der Waals surface area contributed by atoms with Crippen LogP contribution in [0.4, 0.5) is 0 Å². The van der Waals surface area contributed by atoms with Crippen LogP contribution in [0.25, 0.3) is 5.57 Å². The fourth-order valence-corrected chi connectivity index (χ4v) is 4.50. The first-order valence-corrected chi connectivity index (χ1v) is 11.8. The van der Waals surface area contributed by atoms with Gasteiger partial charge in [0.15, 0.2) is 0 Å². The highest BCUT2D eigenvalue weighted by Crippen LogP contribution is 2.32. The Morgan fingerprint density at radius 2 is 2.12 bits per heavy atom. The third-order valence-electron chi connectivity index (χ3n) is 6.66. The van der Waals surface area contributed by atoms with Crippen LogP contribution in [-0.2, 0) is 0 Å². The highest BCUT2D eigenvalue weighted by atomic mass is 16.5. The molecule has 4 rings (SSSR count). The van der Waals surface area contributed by atoms with Gasteiger partial charge in [-0.2, -0.15) is 0 Å². The van der Waals surface area contributed by atoms with Crippen LogP contribution in [0.3, 0.4) is 0 Å². The second kappa shape index (κ2) is 10.3. The number of ether oxygens (including phenoxy) is 1. The molecule has 0 saturated heterocycles. The van der Waals surface area contributed by atoms with Crippen molar-refractivity contribution in [1.82, 2.24) is 19.8 Å². The van der Waals surface area contributed by atoms with Crippen LogP contribution in [0.15, 0.2) is 42.9 Å². The molecular weight excluding hydrogens is 432 g/mol. The number of aromatic nitrogens is 2. The van der Waals surface area contributed by atoms with Crippen molar-refractivity contribution >= 4 is 17.4 Å². The van der Waals surface area contributed by atoms with Crippen LogP contribution >= 0.6 is 0 Å². The molecule has 0 fully saturated rings. The van der Waals surface area contributed by atoms with Gasteiger partial charge < -0.3 is 19.6 Å². The van der Waals surface area contributed by atoms with Crippen LogP contribution in [0.5, 0.6) is 5.88 Å². The summed E-state index contributed by atoms with van der Waals surface area (Å²) in [5.74, 6) is -0.161. The van der Waals surface area contributed by atoms with Crippen LogP contribution in [0.2, 0.25) is 0 Å². The van der Waals surface area contributed by atoms with E-state index in [1.807, 2.05) is 19.9 Å². The maximum atomic E-state index is 13.5. The zero-order valence-corrected chi connectivity index (χ0v) is 20.0. The van der Waals surface area contributed by atoms with Gasteiger partial charge in [-0.3, -0.25) is 14.6 Å². The minimum absolute atomic E-state index is 0.0993. The first-order valence-electron chi connectivity index (χ1n) is 11.8. The number of aliphatic hydroxyl groups excluding tert-OH is 1. The summed E-state index contributed by atoms with van der Waals surface area (Å²) in [6.07, 6.45) is 9.84. The highest BCUT2D eigenvalue weighted by Gasteiger charge is 2.35. The van der Waals surface area contributed by atoms with Gasteiger partial charge in [0.25, 0.3) is 11.8 Å². The average molecular weight is 465 g/mol. The molecule has 1 aliphatic carbocycles. The summed E-state index contributed by atoms with van der Waals surface area (Å²) in [5, 5.41) is 9.83. The quantitative estimate of drug-likeness (QED) is 0.706. The van der Waals surface area contributed by atoms with Gasteiger partial charge >= 0.3 is 0 Å². The molecule has 3 atom stereocenters. The van der Waals surface area contributed by atoms with E-state index in [1.54, 1.807) is 47.6 Å². The molecule has 0 spiro atoms. The molecule has 8 heteroatoms. The fraction of sp³-hybridized carbons (Fsp3) is 0.462. The maximum Gasteiger partial charge on any atom is 0.259 e. The van der Waals surface area contributed by atoms with Gasteiger partial charge in [0, 0.05) is 43.7 Å². The van der Waals surface area contributed by atoms with Crippen LogP contribution in [0, 0.1) is 5.92 Å². The van der Waals surface area contributed by atoms with Crippen molar-refractivity contribution in [3.05, 3.63) is 59.6 Å². The molecule has 0 saturated carbocycles. The molecule has 34 heavy (non-hydrogen) atoms. The summed E-state index contributed by atoms with van der Waals surface area (Å²) < 4.78 is 6.31. The summed E-state index contributed by atoms with van der Waals surface area (Å²) in [4.78, 5) is 38.3. The van der Waals surface area contributed by atoms with Gasteiger partial charge in [-0.1, -0.05) is 13.0 Å². The molecule has 1 N–H and O–H groups in total. The fourth-order valence-electron chi connectivity index (χ4n) is 4.50. The van der Waals surface area contributed by atoms with Gasteiger partial charge in [-0.05, 0) is 55.5 Å². The lowest BCUT2D eigenvalue weighted by atomic mass is 9.99. The number of nitrogens with zero attached hydrogens (tertiary/aromatic N) is 4. The number of pyridine rings is 2. The Morgan fingerprint density at radius 1 is 1.35 bits per heavy atom. The first-order chi connectivity index (χ1) is 16.4. The van der Waals surface area contributed by atoms with Crippen molar-refractivity contribution < 1.29 is 19.4 Å². The normalized spacial score (nSPS) is 21.1. The summed E-state index contributed by atoms with van der Waals surface area (Å²) in [6, 6.07) is 4.87. The Balaban J connectivity index is 1.65. The Morgan fingerprint density at radius 3 is 2.79 bits per heavy atom. The molecule has 3 heterocycles. The largest absolute Gasteiger partial charge is 0.472 e. The SMILES string of the molecule is C[C@@H]1CN([C@H](C)CO)C(=O)c2cc(C3=CCCC3)cnc2O[C@H]1CN(C)C(=O)c1ccncc1. The summed E-state index contributed by atoms with van der Waals surface area (Å²) in [5.41, 5.74) is 3.07. The maximum absolute atomic E-state index is 13.5. The number of likely N-dealkylation sites (N-methyl/N-ethyl adjacent to an activating group) is 1. The Kier molecular flexibility index (Phi) is 7.26. The molecule has 180 valence electrons. The number of rotatable bonds is 6. The molecule has 0 aromatic carbocycles. The molecule has 2 aromatic heterocycles. The van der Waals surface area contributed by atoms with Gasteiger partial charge in [-0.15, -0.1) is 0 Å². The van der Waals surface area contributed by atoms with Gasteiger partial charge in [0.2, 0.25) is 5.88 Å².